The van der Waals surface area contributed by atoms with Crippen molar-refractivity contribution in [2.75, 3.05) is 5.32 Å². The van der Waals surface area contributed by atoms with E-state index in [0.29, 0.717) is 15.7 Å². The number of anilines is 2. The predicted octanol–water partition coefficient (Wildman–Crippen LogP) is 4.83. The highest BCUT2D eigenvalue weighted by molar-refractivity contribution is 7.22. The molecule has 0 spiro atoms. The minimum Gasteiger partial charge on any atom is -0.332 e. The van der Waals surface area contributed by atoms with E-state index in [9.17, 15) is 4.39 Å². The van der Waals surface area contributed by atoms with Crippen molar-refractivity contribution in [2.45, 2.75) is 0 Å². The molecule has 90 valence electrons. The summed E-state index contributed by atoms with van der Waals surface area (Å²) in [4.78, 5) is 4.23. The highest BCUT2D eigenvalue weighted by Crippen LogP contribution is 2.29. The largest absolute Gasteiger partial charge is 0.332 e. The van der Waals surface area contributed by atoms with Crippen molar-refractivity contribution in [2.24, 2.45) is 0 Å². The molecular formula is C13H8ClFN2S. The summed E-state index contributed by atoms with van der Waals surface area (Å²) < 4.78 is 14.3. The van der Waals surface area contributed by atoms with E-state index in [4.69, 9.17) is 11.6 Å². The number of para-hydroxylation sites is 1. The third kappa shape index (κ3) is 2.17. The lowest BCUT2D eigenvalue weighted by molar-refractivity contribution is 0.637. The van der Waals surface area contributed by atoms with Crippen LogP contribution >= 0.6 is 22.9 Å². The molecule has 18 heavy (non-hydrogen) atoms. The number of nitrogens with zero attached hydrogens (tertiary/aromatic N) is 1. The molecule has 0 radical (unpaired) electrons. The summed E-state index contributed by atoms with van der Waals surface area (Å²) in [5.41, 5.74) is 1.28. The van der Waals surface area contributed by atoms with Crippen LogP contribution in [0.15, 0.2) is 42.5 Å². The number of hydrogen-bond donors (Lipinski definition) is 1. The second-order valence-corrected chi connectivity index (χ2v) is 5.20. The van der Waals surface area contributed by atoms with Gasteiger partial charge in [0.2, 0.25) is 0 Å². The maximum Gasteiger partial charge on any atom is 0.188 e. The molecule has 0 fully saturated rings. The normalized spacial score (nSPS) is 10.8. The van der Waals surface area contributed by atoms with Gasteiger partial charge in [0, 0.05) is 10.7 Å². The van der Waals surface area contributed by atoms with Gasteiger partial charge in [-0.1, -0.05) is 29.0 Å². The lowest BCUT2D eigenvalue weighted by atomic mass is 10.3. The third-order valence-electron chi connectivity index (χ3n) is 2.47. The molecule has 0 aliphatic rings. The number of nitrogens with one attached hydrogen (secondary N) is 1. The fourth-order valence-corrected chi connectivity index (χ4v) is 2.65. The van der Waals surface area contributed by atoms with Crippen molar-refractivity contribution in [3.8, 4) is 0 Å². The Morgan fingerprint density at radius 3 is 2.61 bits per heavy atom. The molecule has 3 aromatic rings. The molecule has 0 aliphatic carbocycles. The molecule has 1 aromatic heterocycles. The van der Waals surface area contributed by atoms with E-state index < -0.39 is 0 Å². The quantitative estimate of drug-likeness (QED) is 0.726. The van der Waals surface area contributed by atoms with Gasteiger partial charge in [-0.3, -0.25) is 0 Å². The Labute approximate surface area is 112 Å². The number of thiazole rings is 1. The standard InChI is InChI=1S/C13H8ClFN2S/c14-8-4-6-9(7-5-8)16-13-17-12-10(15)2-1-3-11(12)18-13/h1-7H,(H,16,17). The van der Waals surface area contributed by atoms with E-state index in [1.807, 2.05) is 18.2 Å². The number of rotatable bonds is 2. The van der Waals surface area contributed by atoms with E-state index in [-0.39, 0.29) is 5.82 Å². The summed E-state index contributed by atoms with van der Waals surface area (Å²) in [5, 5.41) is 4.47. The van der Waals surface area contributed by atoms with Crippen molar-refractivity contribution in [1.82, 2.24) is 4.98 Å². The Morgan fingerprint density at radius 2 is 1.89 bits per heavy atom. The van der Waals surface area contributed by atoms with Gasteiger partial charge in [-0.25, -0.2) is 9.37 Å². The first-order valence-corrected chi connectivity index (χ1v) is 6.49. The van der Waals surface area contributed by atoms with Crippen LogP contribution < -0.4 is 5.32 Å². The Hall–Kier alpha value is -1.65. The molecule has 3 rings (SSSR count). The summed E-state index contributed by atoms with van der Waals surface area (Å²) in [7, 11) is 0. The van der Waals surface area contributed by atoms with Gasteiger partial charge in [0.05, 0.1) is 4.70 Å². The van der Waals surface area contributed by atoms with Crippen LogP contribution in [0, 0.1) is 5.82 Å². The highest BCUT2D eigenvalue weighted by atomic mass is 35.5. The van der Waals surface area contributed by atoms with Crippen LogP contribution in [-0.4, -0.2) is 4.98 Å². The summed E-state index contributed by atoms with van der Waals surface area (Å²) in [6, 6.07) is 12.2. The maximum atomic E-state index is 13.5. The van der Waals surface area contributed by atoms with E-state index in [1.54, 1.807) is 18.2 Å². The fourth-order valence-electron chi connectivity index (χ4n) is 1.63. The lowest BCUT2D eigenvalue weighted by Gasteiger charge is -2.01. The summed E-state index contributed by atoms with van der Waals surface area (Å²) in [5.74, 6) is -0.298. The number of hydrogen-bond acceptors (Lipinski definition) is 3. The molecule has 0 atom stereocenters. The molecule has 1 N–H and O–H groups in total. The zero-order chi connectivity index (χ0) is 12.5. The SMILES string of the molecule is Fc1cccc2sc(Nc3ccc(Cl)cc3)nc12. The monoisotopic (exact) mass is 278 g/mol. The number of benzene rings is 2. The molecule has 0 aliphatic heterocycles. The van der Waals surface area contributed by atoms with Gasteiger partial charge in [-0.15, -0.1) is 0 Å². The van der Waals surface area contributed by atoms with E-state index in [1.165, 1.54) is 17.4 Å². The van der Waals surface area contributed by atoms with Crippen LogP contribution in [0.1, 0.15) is 0 Å². The number of fused-ring (bicyclic) bond motifs is 1. The Balaban J connectivity index is 1.95. The molecule has 0 saturated carbocycles. The van der Waals surface area contributed by atoms with Gasteiger partial charge in [-0.2, -0.15) is 0 Å². The van der Waals surface area contributed by atoms with Crippen LogP contribution in [0.2, 0.25) is 5.02 Å². The first kappa shape index (κ1) is 11.4. The topological polar surface area (TPSA) is 24.9 Å². The second kappa shape index (κ2) is 4.55. The van der Waals surface area contributed by atoms with Crippen LogP contribution in [0.3, 0.4) is 0 Å². The molecule has 1 heterocycles. The van der Waals surface area contributed by atoms with E-state index >= 15 is 0 Å². The van der Waals surface area contributed by atoms with Crippen molar-refractivity contribution in [3.63, 3.8) is 0 Å². The molecule has 0 saturated heterocycles. The molecule has 0 bridgehead atoms. The first-order chi connectivity index (χ1) is 8.72. The smallest absolute Gasteiger partial charge is 0.188 e. The van der Waals surface area contributed by atoms with Gasteiger partial charge < -0.3 is 5.32 Å². The molecule has 2 aromatic carbocycles. The average molecular weight is 279 g/mol. The molecular weight excluding hydrogens is 271 g/mol. The van der Waals surface area contributed by atoms with Crippen molar-refractivity contribution in [3.05, 3.63) is 53.3 Å². The summed E-state index contributed by atoms with van der Waals surface area (Å²) >= 11 is 7.22. The number of aromatic nitrogens is 1. The Bertz CT molecular complexity index is 694. The Kier molecular flexibility index (Phi) is 2.89. The zero-order valence-corrected chi connectivity index (χ0v) is 10.7. The Morgan fingerprint density at radius 1 is 1.11 bits per heavy atom. The molecule has 5 heteroatoms. The molecule has 0 unspecified atom stereocenters. The van der Waals surface area contributed by atoms with Crippen LogP contribution in [0.5, 0.6) is 0 Å². The average Bonchev–Trinajstić information content (AvgIpc) is 2.76. The maximum absolute atomic E-state index is 13.5. The summed E-state index contributed by atoms with van der Waals surface area (Å²) in [6.07, 6.45) is 0. The van der Waals surface area contributed by atoms with Crippen molar-refractivity contribution >= 4 is 44.0 Å². The van der Waals surface area contributed by atoms with Gasteiger partial charge in [0.1, 0.15) is 11.3 Å². The summed E-state index contributed by atoms with van der Waals surface area (Å²) in [6.45, 7) is 0. The van der Waals surface area contributed by atoms with Crippen LogP contribution in [-0.2, 0) is 0 Å². The van der Waals surface area contributed by atoms with Gasteiger partial charge in [0.25, 0.3) is 0 Å². The number of halogens is 2. The van der Waals surface area contributed by atoms with E-state index in [0.717, 1.165) is 10.4 Å². The van der Waals surface area contributed by atoms with Gasteiger partial charge >= 0.3 is 0 Å². The van der Waals surface area contributed by atoms with Gasteiger partial charge in [-0.05, 0) is 36.4 Å². The predicted molar refractivity (Wildman–Crippen MR) is 74.3 cm³/mol. The second-order valence-electron chi connectivity index (χ2n) is 3.74. The van der Waals surface area contributed by atoms with Crippen molar-refractivity contribution < 1.29 is 4.39 Å². The van der Waals surface area contributed by atoms with Crippen LogP contribution in [0.4, 0.5) is 15.2 Å². The highest BCUT2D eigenvalue weighted by Gasteiger charge is 2.07. The fraction of sp³-hybridized carbons (Fsp3) is 0. The zero-order valence-electron chi connectivity index (χ0n) is 9.15. The molecule has 2 nitrogen and oxygen atoms in total. The van der Waals surface area contributed by atoms with Gasteiger partial charge in [0.15, 0.2) is 5.13 Å². The molecule has 0 amide bonds. The third-order valence-corrected chi connectivity index (χ3v) is 3.65. The lowest BCUT2D eigenvalue weighted by Crippen LogP contribution is -1.88. The first-order valence-electron chi connectivity index (χ1n) is 5.30. The van der Waals surface area contributed by atoms with Crippen molar-refractivity contribution in [1.29, 1.82) is 0 Å². The van der Waals surface area contributed by atoms with Crippen LogP contribution in [0.25, 0.3) is 10.2 Å². The minimum atomic E-state index is -0.298. The van der Waals surface area contributed by atoms with E-state index in [2.05, 4.69) is 10.3 Å². The minimum absolute atomic E-state index is 0.298.